The molecule has 1 aliphatic heterocycles. The fraction of sp³-hybridized carbons (Fsp3) is 0.435. The normalized spacial score (nSPS) is 13.8. The number of hydrogen-bond donors (Lipinski definition) is 1. The molecular formula is C23H27N5O5. The van der Waals surface area contributed by atoms with Gasteiger partial charge in [0.05, 0.1) is 5.56 Å². The first kappa shape index (κ1) is 22.5. The molecule has 0 bridgehead atoms. The molecule has 4 rings (SSSR count). The van der Waals surface area contributed by atoms with Crippen LogP contribution in [0.4, 0.5) is 0 Å². The monoisotopic (exact) mass is 453 g/mol. The number of amides is 1. The van der Waals surface area contributed by atoms with E-state index in [2.05, 4.69) is 9.97 Å². The number of unbranched alkanes of at least 4 members (excludes halogenated alkanes) is 1. The average Bonchev–Trinajstić information content (AvgIpc) is 3.35. The number of rotatable bonds is 8. The molecule has 0 spiro atoms. The van der Waals surface area contributed by atoms with Crippen LogP contribution < -0.4 is 11.2 Å². The largest absolute Gasteiger partial charge is 0.454 e. The van der Waals surface area contributed by atoms with E-state index in [0.717, 1.165) is 31.4 Å². The summed E-state index contributed by atoms with van der Waals surface area (Å²) < 4.78 is 8.44. The summed E-state index contributed by atoms with van der Waals surface area (Å²) in [5.74, 6) is -0.0512. The highest BCUT2D eigenvalue weighted by Gasteiger charge is 2.21. The Balaban J connectivity index is 1.52. The van der Waals surface area contributed by atoms with Crippen LogP contribution in [0.5, 0.6) is 0 Å². The van der Waals surface area contributed by atoms with Gasteiger partial charge in [-0.15, -0.1) is 0 Å². The summed E-state index contributed by atoms with van der Waals surface area (Å²) >= 11 is 0. The van der Waals surface area contributed by atoms with Crippen molar-refractivity contribution < 1.29 is 14.3 Å². The van der Waals surface area contributed by atoms with Gasteiger partial charge in [0.1, 0.15) is 12.4 Å². The molecule has 1 amide bonds. The van der Waals surface area contributed by atoms with Gasteiger partial charge < -0.3 is 14.2 Å². The molecule has 0 unspecified atom stereocenters. The average molecular weight is 453 g/mol. The van der Waals surface area contributed by atoms with Gasteiger partial charge in [0.2, 0.25) is 5.91 Å². The minimum Gasteiger partial charge on any atom is -0.454 e. The predicted molar refractivity (Wildman–Crippen MR) is 121 cm³/mol. The maximum absolute atomic E-state index is 12.7. The summed E-state index contributed by atoms with van der Waals surface area (Å²) in [6, 6.07) is 7.00. The Kier molecular flexibility index (Phi) is 6.43. The van der Waals surface area contributed by atoms with E-state index in [9.17, 15) is 19.2 Å². The Hall–Kier alpha value is -3.69. The first-order valence-electron chi connectivity index (χ1n) is 11.1. The van der Waals surface area contributed by atoms with Gasteiger partial charge in [-0.05, 0) is 30.5 Å². The van der Waals surface area contributed by atoms with Crippen LogP contribution in [-0.2, 0) is 36.3 Å². The number of ether oxygens (including phenoxy) is 1. The third-order valence-corrected chi connectivity index (χ3v) is 5.88. The van der Waals surface area contributed by atoms with Crippen LogP contribution in [-0.4, -0.2) is 42.4 Å². The number of H-pyrrole nitrogens is 1. The Bertz CT molecular complexity index is 1320. The zero-order valence-corrected chi connectivity index (χ0v) is 18.8. The van der Waals surface area contributed by atoms with Gasteiger partial charge in [-0.25, -0.2) is 14.6 Å². The van der Waals surface area contributed by atoms with Crippen LogP contribution in [0.15, 0.2) is 33.9 Å². The van der Waals surface area contributed by atoms with Crippen LogP contribution >= 0.6 is 0 Å². The number of fused-ring (bicyclic) bond motifs is 1. The lowest BCUT2D eigenvalue weighted by atomic mass is 10.1. The van der Waals surface area contributed by atoms with Crippen molar-refractivity contribution in [2.75, 3.05) is 6.54 Å². The quantitative estimate of drug-likeness (QED) is 0.519. The smallest absolute Gasteiger partial charge is 0.338 e. The standard InChI is InChI=1S/C23H27N5O5/c1-3-4-11-28-20-19(21(30)25-23(28)32)26(2)17(24-20)14-33-22(31)16-8-5-7-15(12-16)13-27-10-6-9-18(27)29/h5,7-8,12H,3-4,6,9-11,13-14H2,1-2H3,(H,25,30,32). The van der Waals surface area contributed by atoms with Gasteiger partial charge in [-0.1, -0.05) is 25.5 Å². The maximum atomic E-state index is 12.7. The lowest BCUT2D eigenvalue weighted by molar-refractivity contribution is -0.128. The third-order valence-electron chi connectivity index (χ3n) is 5.88. The molecule has 1 fully saturated rings. The lowest BCUT2D eigenvalue weighted by Crippen LogP contribution is -2.31. The fourth-order valence-electron chi connectivity index (χ4n) is 4.05. The Morgan fingerprint density at radius 3 is 2.79 bits per heavy atom. The van der Waals surface area contributed by atoms with E-state index in [1.807, 2.05) is 13.0 Å². The molecule has 1 saturated heterocycles. The van der Waals surface area contributed by atoms with E-state index in [4.69, 9.17) is 4.74 Å². The molecule has 33 heavy (non-hydrogen) atoms. The number of nitrogens with zero attached hydrogens (tertiary/aromatic N) is 4. The lowest BCUT2D eigenvalue weighted by Gasteiger charge is -2.15. The van der Waals surface area contributed by atoms with Crippen molar-refractivity contribution in [2.45, 2.75) is 52.3 Å². The van der Waals surface area contributed by atoms with E-state index >= 15 is 0 Å². The van der Waals surface area contributed by atoms with Crippen LogP contribution in [0.25, 0.3) is 11.2 Å². The summed E-state index contributed by atoms with van der Waals surface area (Å²) in [5.41, 5.74) is 0.733. The van der Waals surface area contributed by atoms with Crippen molar-refractivity contribution in [1.82, 2.24) is 24.0 Å². The van der Waals surface area contributed by atoms with Gasteiger partial charge in [-0.3, -0.25) is 19.1 Å². The highest BCUT2D eigenvalue weighted by atomic mass is 16.5. The van der Waals surface area contributed by atoms with Crippen LogP contribution in [0, 0.1) is 0 Å². The highest BCUT2D eigenvalue weighted by molar-refractivity contribution is 5.89. The SMILES string of the molecule is CCCCn1c(=O)[nH]c(=O)c2c1nc(COC(=O)c1cccc(CN3CCCC3=O)c1)n2C. The number of hydrogen-bond acceptors (Lipinski definition) is 6. The number of imidazole rings is 1. The van der Waals surface area contributed by atoms with E-state index in [1.165, 1.54) is 4.57 Å². The fourth-order valence-corrected chi connectivity index (χ4v) is 4.05. The van der Waals surface area contributed by atoms with Gasteiger partial charge in [0.25, 0.3) is 5.56 Å². The van der Waals surface area contributed by atoms with Crippen molar-refractivity contribution in [1.29, 1.82) is 0 Å². The van der Waals surface area contributed by atoms with Gasteiger partial charge in [0.15, 0.2) is 11.2 Å². The molecule has 0 saturated carbocycles. The zero-order chi connectivity index (χ0) is 23.5. The third kappa shape index (κ3) is 4.59. The van der Waals surface area contributed by atoms with Crippen molar-refractivity contribution in [3.8, 4) is 0 Å². The molecule has 1 aromatic carbocycles. The van der Waals surface area contributed by atoms with E-state index in [0.29, 0.717) is 30.9 Å². The van der Waals surface area contributed by atoms with E-state index in [-0.39, 0.29) is 23.7 Å². The molecule has 10 heteroatoms. The number of nitrogens with one attached hydrogen (secondary N) is 1. The zero-order valence-electron chi connectivity index (χ0n) is 18.8. The minimum absolute atomic E-state index is 0.122. The van der Waals surface area contributed by atoms with Gasteiger partial charge in [-0.2, -0.15) is 0 Å². The second kappa shape index (κ2) is 9.43. The minimum atomic E-state index is -0.533. The molecule has 0 radical (unpaired) electrons. The molecule has 1 aliphatic rings. The number of aromatic nitrogens is 4. The van der Waals surface area contributed by atoms with Crippen molar-refractivity contribution in [3.05, 3.63) is 62.1 Å². The Labute approximate surface area is 189 Å². The van der Waals surface area contributed by atoms with Crippen LogP contribution in [0.3, 0.4) is 0 Å². The number of aromatic amines is 1. The maximum Gasteiger partial charge on any atom is 0.338 e. The first-order chi connectivity index (χ1) is 15.9. The second-order valence-electron chi connectivity index (χ2n) is 8.22. The summed E-state index contributed by atoms with van der Waals surface area (Å²) in [6.07, 6.45) is 3.07. The summed E-state index contributed by atoms with van der Waals surface area (Å²) in [7, 11) is 1.65. The van der Waals surface area contributed by atoms with Crippen LogP contribution in [0.1, 0.15) is 54.4 Å². The molecule has 0 aliphatic carbocycles. The predicted octanol–water partition coefficient (Wildman–Crippen LogP) is 1.70. The summed E-state index contributed by atoms with van der Waals surface area (Å²) in [6.45, 7) is 3.48. The van der Waals surface area contributed by atoms with Crippen molar-refractivity contribution in [2.24, 2.45) is 7.05 Å². The first-order valence-corrected chi connectivity index (χ1v) is 11.1. The molecular weight excluding hydrogens is 426 g/mol. The Morgan fingerprint density at radius 2 is 2.06 bits per heavy atom. The van der Waals surface area contributed by atoms with E-state index < -0.39 is 17.2 Å². The number of esters is 1. The molecule has 2 aromatic heterocycles. The summed E-state index contributed by atoms with van der Waals surface area (Å²) in [5, 5.41) is 0. The van der Waals surface area contributed by atoms with Gasteiger partial charge in [0, 0.05) is 33.1 Å². The molecule has 1 N–H and O–H groups in total. The molecule has 10 nitrogen and oxygen atoms in total. The van der Waals surface area contributed by atoms with Crippen molar-refractivity contribution in [3.63, 3.8) is 0 Å². The topological polar surface area (TPSA) is 119 Å². The highest BCUT2D eigenvalue weighted by Crippen LogP contribution is 2.16. The number of benzene rings is 1. The van der Waals surface area contributed by atoms with Gasteiger partial charge >= 0.3 is 11.7 Å². The Morgan fingerprint density at radius 1 is 1.24 bits per heavy atom. The number of carbonyl (C=O) groups excluding carboxylic acids is 2. The number of likely N-dealkylation sites (tertiary alicyclic amines) is 1. The molecule has 3 aromatic rings. The van der Waals surface area contributed by atoms with Crippen LogP contribution in [0.2, 0.25) is 0 Å². The second-order valence-corrected chi connectivity index (χ2v) is 8.22. The summed E-state index contributed by atoms with van der Waals surface area (Å²) in [4.78, 5) is 57.7. The molecule has 0 atom stereocenters. The number of aryl methyl sites for hydroxylation is 2. The molecule has 3 heterocycles. The van der Waals surface area contributed by atoms with E-state index in [1.54, 1.807) is 34.7 Å². The van der Waals surface area contributed by atoms with Crippen molar-refractivity contribution >= 4 is 23.0 Å². The number of carbonyl (C=O) groups is 2. The molecule has 174 valence electrons.